The summed E-state index contributed by atoms with van der Waals surface area (Å²) in [6, 6.07) is 26.7. The van der Waals surface area contributed by atoms with Crippen molar-refractivity contribution in [3.63, 3.8) is 0 Å². The molecule has 39 heavy (non-hydrogen) atoms. The van der Waals surface area contributed by atoms with Crippen LogP contribution in [0.1, 0.15) is 56.2 Å². The van der Waals surface area contributed by atoms with Crippen LogP contribution in [-0.2, 0) is 17.8 Å². The van der Waals surface area contributed by atoms with Crippen LogP contribution in [0, 0.1) is 0 Å². The number of piperidine rings is 1. The largest absolute Gasteiger partial charge is 0.481 e. The van der Waals surface area contributed by atoms with Crippen molar-refractivity contribution in [2.45, 2.75) is 31.7 Å². The predicted molar refractivity (Wildman–Crippen MR) is 155 cm³/mol. The lowest BCUT2D eigenvalue weighted by molar-refractivity contribution is -0.136. The summed E-state index contributed by atoms with van der Waals surface area (Å²) in [5.74, 6) is -0.607. The van der Waals surface area contributed by atoms with E-state index in [1.807, 2.05) is 77.7 Å². The molecule has 4 aromatic rings. The number of nitrogens with zero attached hydrogens (tertiary/aromatic N) is 1. The molecule has 1 fully saturated rings. The summed E-state index contributed by atoms with van der Waals surface area (Å²) in [7, 11) is 0. The van der Waals surface area contributed by atoms with Crippen molar-refractivity contribution in [2.24, 2.45) is 0 Å². The highest BCUT2D eigenvalue weighted by atomic mass is 79.9. The lowest BCUT2D eigenvalue weighted by Gasteiger charge is -2.32. The molecule has 0 atom stereocenters. The Balaban J connectivity index is 1.15. The molecule has 2 amide bonds. The number of aliphatic carboxylic acids is 1. The summed E-state index contributed by atoms with van der Waals surface area (Å²) in [6.07, 6.45) is 1.74. The Morgan fingerprint density at radius 2 is 1.46 bits per heavy atom. The van der Waals surface area contributed by atoms with Gasteiger partial charge in [-0.05, 0) is 70.5 Å². The number of nitrogens with one attached hydrogen (secondary N) is 1. The van der Waals surface area contributed by atoms with E-state index in [1.165, 1.54) is 5.56 Å². The van der Waals surface area contributed by atoms with Gasteiger partial charge in [-0.15, -0.1) is 0 Å². The maximum absolute atomic E-state index is 13.4. The first-order valence-corrected chi connectivity index (χ1v) is 13.8. The summed E-state index contributed by atoms with van der Waals surface area (Å²) >= 11 is 3.59. The van der Waals surface area contributed by atoms with Gasteiger partial charge in [0.2, 0.25) is 0 Å². The highest BCUT2D eigenvalue weighted by Gasteiger charge is 2.25. The van der Waals surface area contributed by atoms with Crippen molar-refractivity contribution in [1.82, 2.24) is 10.2 Å². The van der Waals surface area contributed by atoms with E-state index < -0.39 is 5.97 Å². The van der Waals surface area contributed by atoms with Crippen LogP contribution in [0.2, 0.25) is 0 Å². The van der Waals surface area contributed by atoms with Crippen LogP contribution in [0.5, 0.6) is 0 Å². The van der Waals surface area contributed by atoms with Gasteiger partial charge in [-0.2, -0.15) is 0 Å². The molecule has 7 heteroatoms. The number of carboxylic acids is 1. The second-order valence-corrected chi connectivity index (χ2v) is 10.8. The molecule has 198 valence electrons. The minimum atomic E-state index is -0.868. The fourth-order valence-electron chi connectivity index (χ4n) is 5.19. The Labute approximate surface area is 235 Å². The van der Waals surface area contributed by atoms with E-state index in [0.717, 1.165) is 44.8 Å². The number of hydrogen-bond donors (Lipinski definition) is 2. The number of carbonyl (C=O) groups is 3. The predicted octanol–water partition coefficient (Wildman–Crippen LogP) is 6.18. The first-order chi connectivity index (χ1) is 18.9. The molecule has 2 N–H and O–H groups in total. The summed E-state index contributed by atoms with van der Waals surface area (Å²) in [5.41, 5.74) is 4.15. The van der Waals surface area contributed by atoms with Crippen molar-refractivity contribution >= 4 is 44.5 Å². The molecular weight excluding hydrogens is 556 g/mol. The zero-order valence-corrected chi connectivity index (χ0v) is 23.0. The number of hydrogen-bond acceptors (Lipinski definition) is 3. The average molecular weight is 585 g/mol. The van der Waals surface area contributed by atoms with Crippen molar-refractivity contribution in [3.05, 3.63) is 117 Å². The number of fused-ring (bicyclic) bond motifs is 1. The number of benzene rings is 4. The molecule has 6 nitrogen and oxygen atoms in total. The zero-order valence-electron chi connectivity index (χ0n) is 21.4. The average Bonchev–Trinajstić information content (AvgIpc) is 2.96. The third kappa shape index (κ3) is 6.20. The van der Waals surface area contributed by atoms with Gasteiger partial charge in [0, 0.05) is 35.2 Å². The maximum Gasteiger partial charge on any atom is 0.307 e. The Hall–Kier alpha value is -3.97. The Morgan fingerprint density at radius 1 is 0.821 bits per heavy atom. The summed E-state index contributed by atoms with van der Waals surface area (Å²) in [6.45, 7) is 1.76. The lowest BCUT2D eigenvalue weighted by Crippen LogP contribution is -2.38. The fraction of sp³-hybridized carbons (Fsp3) is 0.219. The monoisotopic (exact) mass is 584 g/mol. The van der Waals surface area contributed by atoms with Gasteiger partial charge in [-0.1, -0.05) is 76.6 Å². The van der Waals surface area contributed by atoms with E-state index in [4.69, 9.17) is 5.11 Å². The van der Waals surface area contributed by atoms with Gasteiger partial charge >= 0.3 is 5.97 Å². The van der Waals surface area contributed by atoms with Gasteiger partial charge in [-0.3, -0.25) is 14.4 Å². The normalized spacial score (nSPS) is 13.8. The third-order valence-corrected chi connectivity index (χ3v) is 8.05. The SMILES string of the molecule is O=C(O)Cc1ccc(CNC(=O)c2ccc(C3CCN(C(=O)c4cccc5c(Br)cccc45)CC3)cc2)cc1. The van der Waals surface area contributed by atoms with E-state index in [1.54, 1.807) is 12.1 Å². The second-order valence-electron chi connectivity index (χ2n) is 9.90. The standard InChI is InChI=1S/C32H29BrN2O4/c33-29-6-2-3-26-27(29)4-1-5-28(26)32(39)35-17-15-24(16-18-35)23-11-13-25(14-12-23)31(38)34-20-22-9-7-21(8-10-22)19-30(36)37/h1-14,24H,15-20H2,(H,34,38)(H,36,37). The van der Waals surface area contributed by atoms with Gasteiger partial charge in [0.1, 0.15) is 0 Å². The molecule has 0 radical (unpaired) electrons. The Kier molecular flexibility index (Phi) is 8.07. The van der Waals surface area contributed by atoms with Crippen molar-refractivity contribution < 1.29 is 19.5 Å². The minimum absolute atomic E-state index is 0.0172. The van der Waals surface area contributed by atoms with Crippen LogP contribution in [0.15, 0.2) is 89.4 Å². The quantitative estimate of drug-likeness (QED) is 0.271. The molecule has 0 aliphatic carbocycles. The van der Waals surface area contributed by atoms with Crippen LogP contribution < -0.4 is 5.32 Å². The molecule has 0 aromatic heterocycles. The zero-order chi connectivity index (χ0) is 27.4. The molecule has 0 bridgehead atoms. The summed E-state index contributed by atoms with van der Waals surface area (Å²) in [4.78, 5) is 38.8. The topological polar surface area (TPSA) is 86.7 Å². The highest BCUT2D eigenvalue weighted by molar-refractivity contribution is 9.10. The van der Waals surface area contributed by atoms with E-state index in [0.29, 0.717) is 31.1 Å². The van der Waals surface area contributed by atoms with E-state index in [2.05, 4.69) is 21.2 Å². The van der Waals surface area contributed by atoms with E-state index in [-0.39, 0.29) is 18.2 Å². The van der Waals surface area contributed by atoms with Crippen LogP contribution in [-0.4, -0.2) is 40.9 Å². The molecule has 4 aromatic carbocycles. The number of carboxylic acid groups (broad SMARTS) is 1. The van der Waals surface area contributed by atoms with Gasteiger partial charge in [0.05, 0.1) is 6.42 Å². The first kappa shape index (κ1) is 26.6. The number of likely N-dealkylation sites (tertiary alicyclic amines) is 1. The minimum Gasteiger partial charge on any atom is -0.481 e. The number of halogens is 1. The Bertz CT molecular complexity index is 1510. The van der Waals surface area contributed by atoms with Crippen molar-refractivity contribution in [1.29, 1.82) is 0 Å². The number of rotatable bonds is 7. The van der Waals surface area contributed by atoms with Gasteiger partial charge in [0.25, 0.3) is 11.8 Å². The lowest BCUT2D eigenvalue weighted by atomic mass is 9.88. The third-order valence-electron chi connectivity index (χ3n) is 7.36. The molecular formula is C32H29BrN2O4. The Morgan fingerprint density at radius 3 is 2.15 bits per heavy atom. The fourth-order valence-corrected chi connectivity index (χ4v) is 5.68. The summed E-state index contributed by atoms with van der Waals surface area (Å²) in [5, 5.41) is 13.8. The maximum atomic E-state index is 13.4. The van der Waals surface area contributed by atoms with Crippen LogP contribution >= 0.6 is 15.9 Å². The molecule has 1 aliphatic rings. The van der Waals surface area contributed by atoms with E-state index in [9.17, 15) is 14.4 Å². The first-order valence-electron chi connectivity index (χ1n) is 13.0. The molecule has 1 aliphatic heterocycles. The molecule has 1 saturated heterocycles. The smallest absolute Gasteiger partial charge is 0.307 e. The molecule has 5 rings (SSSR count). The van der Waals surface area contributed by atoms with E-state index >= 15 is 0 Å². The van der Waals surface area contributed by atoms with Crippen LogP contribution in [0.4, 0.5) is 0 Å². The second kappa shape index (κ2) is 11.8. The van der Waals surface area contributed by atoms with Gasteiger partial charge in [0.15, 0.2) is 0 Å². The summed E-state index contributed by atoms with van der Waals surface area (Å²) < 4.78 is 0.983. The number of carbonyl (C=O) groups excluding carboxylic acids is 2. The van der Waals surface area contributed by atoms with Crippen LogP contribution in [0.3, 0.4) is 0 Å². The van der Waals surface area contributed by atoms with Gasteiger partial charge < -0.3 is 15.3 Å². The molecule has 0 saturated carbocycles. The van der Waals surface area contributed by atoms with Crippen LogP contribution in [0.25, 0.3) is 10.8 Å². The molecule has 0 spiro atoms. The van der Waals surface area contributed by atoms with Gasteiger partial charge in [-0.25, -0.2) is 0 Å². The number of amides is 2. The highest BCUT2D eigenvalue weighted by Crippen LogP contribution is 2.31. The van der Waals surface area contributed by atoms with Crippen molar-refractivity contribution in [3.8, 4) is 0 Å². The molecule has 0 unspecified atom stereocenters. The van der Waals surface area contributed by atoms with Crippen molar-refractivity contribution in [2.75, 3.05) is 13.1 Å². The molecule has 1 heterocycles.